The third kappa shape index (κ3) is 3.55. The first kappa shape index (κ1) is 20.6. The van der Waals surface area contributed by atoms with E-state index in [2.05, 4.69) is 15.0 Å². The molecule has 8 heteroatoms. The van der Waals surface area contributed by atoms with Crippen LogP contribution >= 0.6 is 0 Å². The molecule has 0 aliphatic rings. The lowest BCUT2D eigenvalue weighted by molar-refractivity contribution is 0.543. The maximum absolute atomic E-state index is 13.4. The summed E-state index contributed by atoms with van der Waals surface area (Å²) in [5.41, 5.74) is 12.2. The monoisotopic (exact) mass is 437 g/mol. The first-order chi connectivity index (χ1) is 15.9. The third-order valence-electron chi connectivity index (χ3n) is 5.67. The number of nitrogen functional groups attached to an aromatic ring is 1. The maximum atomic E-state index is 13.4. The predicted molar refractivity (Wildman–Crippen MR) is 128 cm³/mol. The van der Waals surface area contributed by atoms with E-state index >= 15 is 0 Å². The fourth-order valence-electron chi connectivity index (χ4n) is 4.14. The molecule has 164 valence electrons. The Morgan fingerprint density at radius 1 is 0.939 bits per heavy atom. The molecule has 1 atom stereocenters. The Morgan fingerprint density at radius 3 is 2.33 bits per heavy atom. The van der Waals surface area contributed by atoms with Crippen LogP contribution in [-0.2, 0) is 0 Å². The maximum Gasteiger partial charge on any atom is 0.353 e. The van der Waals surface area contributed by atoms with Gasteiger partial charge in [-0.25, -0.2) is 18.9 Å². The van der Waals surface area contributed by atoms with E-state index in [1.807, 2.05) is 75.4 Å². The smallest absolute Gasteiger partial charge is 0.353 e. The van der Waals surface area contributed by atoms with Crippen LogP contribution in [0.15, 0.2) is 71.8 Å². The summed E-state index contributed by atoms with van der Waals surface area (Å²) < 4.78 is 2.81. The summed E-state index contributed by atoms with van der Waals surface area (Å²) >= 11 is 0. The van der Waals surface area contributed by atoms with Gasteiger partial charge in [0.25, 0.3) is 0 Å². The molecule has 0 saturated heterocycles. The van der Waals surface area contributed by atoms with Gasteiger partial charge in [-0.3, -0.25) is 9.97 Å². The van der Waals surface area contributed by atoms with E-state index in [1.54, 1.807) is 12.4 Å². The molecule has 0 radical (unpaired) electrons. The molecule has 0 bridgehead atoms. The van der Waals surface area contributed by atoms with Gasteiger partial charge in [0.15, 0.2) is 5.65 Å². The molecule has 0 aliphatic heterocycles. The van der Waals surface area contributed by atoms with Gasteiger partial charge in [-0.2, -0.15) is 0 Å². The average Bonchev–Trinajstić information content (AvgIpc) is 3.16. The first-order valence-corrected chi connectivity index (χ1v) is 10.7. The molecule has 5 rings (SSSR count). The summed E-state index contributed by atoms with van der Waals surface area (Å²) in [5, 5.41) is 4.77. The van der Waals surface area contributed by atoms with Crippen molar-refractivity contribution in [1.29, 1.82) is 0 Å². The number of anilines is 1. The Kier molecular flexibility index (Phi) is 4.97. The van der Waals surface area contributed by atoms with Gasteiger partial charge in [0.05, 0.1) is 17.3 Å². The number of rotatable bonds is 4. The zero-order chi connectivity index (χ0) is 23.1. The Morgan fingerprint density at radius 2 is 1.67 bits per heavy atom. The minimum atomic E-state index is -0.352. The summed E-state index contributed by atoms with van der Waals surface area (Å²) in [6, 6.07) is 17.1. The number of aryl methyl sites for hydroxylation is 2. The van der Waals surface area contributed by atoms with Crippen LogP contribution < -0.4 is 11.4 Å². The van der Waals surface area contributed by atoms with Gasteiger partial charge >= 0.3 is 5.69 Å². The normalized spacial score (nSPS) is 12.2. The second-order valence-corrected chi connectivity index (χ2v) is 8.05. The number of nitrogens with two attached hydrogens (primary N) is 1. The van der Waals surface area contributed by atoms with E-state index in [0.717, 1.165) is 33.6 Å². The van der Waals surface area contributed by atoms with Crippen molar-refractivity contribution in [3.63, 3.8) is 0 Å². The molecular formula is C25H23N7O. The number of pyridine rings is 2. The Hall–Kier alpha value is -4.33. The highest BCUT2D eigenvalue weighted by atomic mass is 16.2. The average molecular weight is 438 g/mol. The van der Waals surface area contributed by atoms with Crippen LogP contribution in [0.1, 0.15) is 29.9 Å². The Labute approximate surface area is 190 Å². The highest BCUT2D eigenvalue weighted by Gasteiger charge is 2.24. The van der Waals surface area contributed by atoms with Crippen molar-refractivity contribution in [2.75, 3.05) is 5.73 Å². The zero-order valence-corrected chi connectivity index (χ0v) is 18.6. The van der Waals surface area contributed by atoms with Crippen LogP contribution in [0.4, 0.5) is 5.95 Å². The minimum Gasteiger partial charge on any atom is -0.369 e. The molecule has 0 saturated carbocycles. The molecule has 0 spiro atoms. The topological polar surface area (TPSA) is 104 Å². The van der Waals surface area contributed by atoms with Crippen LogP contribution in [0.5, 0.6) is 0 Å². The van der Waals surface area contributed by atoms with Gasteiger partial charge in [-0.05, 0) is 50.1 Å². The second-order valence-electron chi connectivity index (χ2n) is 8.05. The SMILES string of the molecule is Cc1cc(-c2c(-c3ccccc3)nc(N)n3c(=O)n(C(C)c4cccnc4)nc23)cc(C)n1. The van der Waals surface area contributed by atoms with Crippen LogP contribution in [0.2, 0.25) is 0 Å². The molecule has 0 amide bonds. The van der Waals surface area contributed by atoms with Gasteiger partial charge in [0, 0.05) is 29.3 Å². The molecule has 0 aliphatic carbocycles. The summed E-state index contributed by atoms with van der Waals surface area (Å²) in [6.45, 7) is 5.79. The lowest BCUT2D eigenvalue weighted by atomic mass is 9.99. The van der Waals surface area contributed by atoms with E-state index < -0.39 is 0 Å². The van der Waals surface area contributed by atoms with E-state index in [-0.39, 0.29) is 17.7 Å². The van der Waals surface area contributed by atoms with Crippen LogP contribution in [0.3, 0.4) is 0 Å². The van der Waals surface area contributed by atoms with Gasteiger partial charge in [0.2, 0.25) is 5.95 Å². The molecule has 0 fully saturated rings. The summed E-state index contributed by atoms with van der Waals surface area (Å²) in [7, 11) is 0. The fourth-order valence-corrected chi connectivity index (χ4v) is 4.14. The Bertz CT molecular complexity index is 1500. The molecule has 1 aromatic carbocycles. The molecule has 4 aromatic heterocycles. The number of hydrogen-bond donors (Lipinski definition) is 1. The van der Waals surface area contributed by atoms with Crippen molar-refractivity contribution in [2.24, 2.45) is 0 Å². The predicted octanol–water partition coefficient (Wildman–Crippen LogP) is 3.82. The van der Waals surface area contributed by atoms with Gasteiger partial charge < -0.3 is 5.73 Å². The first-order valence-electron chi connectivity index (χ1n) is 10.7. The number of aromatic nitrogens is 6. The molecule has 8 nitrogen and oxygen atoms in total. The van der Waals surface area contributed by atoms with Gasteiger partial charge in [0.1, 0.15) is 0 Å². The van der Waals surface area contributed by atoms with Crippen LogP contribution in [-0.4, -0.2) is 29.1 Å². The quantitative estimate of drug-likeness (QED) is 0.458. The van der Waals surface area contributed by atoms with Crippen molar-refractivity contribution < 1.29 is 0 Å². The lowest BCUT2D eigenvalue weighted by Crippen LogP contribution is -2.26. The largest absolute Gasteiger partial charge is 0.369 e. The van der Waals surface area contributed by atoms with Crippen molar-refractivity contribution >= 4 is 11.6 Å². The number of nitrogens with zero attached hydrogens (tertiary/aromatic N) is 6. The number of hydrogen-bond acceptors (Lipinski definition) is 6. The summed E-state index contributed by atoms with van der Waals surface area (Å²) in [4.78, 5) is 26.8. The summed E-state index contributed by atoms with van der Waals surface area (Å²) in [6.07, 6.45) is 3.43. The molecule has 2 N–H and O–H groups in total. The highest BCUT2D eigenvalue weighted by Crippen LogP contribution is 2.35. The van der Waals surface area contributed by atoms with E-state index in [4.69, 9.17) is 10.8 Å². The fraction of sp³-hybridized carbons (Fsp3) is 0.160. The highest BCUT2D eigenvalue weighted by molar-refractivity contribution is 5.90. The number of benzene rings is 1. The zero-order valence-electron chi connectivity index (χ0n) is 18.6. The minimum absolute atomic E-state index is 0.0877. The van der Waals surface area contributed by atoms with E-state index in [0.29, 0.717) is 11.3 Å². The Balaban J connectivity index is 1.86. The lowest BCUT2D eigenvalue weighted by Gasteiger charge is -2.13. The van der Waals surface area contributed by atoms with Crippen LogP contribution in [0, 0.1) is 13.8 Å². The molecule has 1 unspecified atom stereocenters. The van der Waals surface area contributed by atoms with Crippen LogP contribution in [0.25, 0.3) is 28.0 Å². The van der Waals surface area contributed by atoms with Crippen molar-refractivity contribution in [3.05, 3.63) is 94.4 Å². The molecular weight excluding hydrogens is 414 g/mol. The van der Waals surface area contributed by atoms with Gasteiger partial charge in [-0.1, -0.05) is 36.4 Å². The van der Waals surface area contributed by atoms with E-state index in [1.165, 1.54) is 9.08 Å². The van der Waals surface area contributed by atoms with Crippen molar-refractivity contribution in [2.45, 2.75) is 26.8 Å². The number of fused-ring (bicyclic) bond motifs is 1. The molecule has 5 aromatic rings. The molecule has 4 heterocycles. The van der Waals surface area contributed by atoms with Crippen molar-refractivity contribution in [3.8, 4) is 22.4 Å². The van der Waals surface area contributed by atoms with Crippen molar-refractivity contribution in [1.82, 2.24) is 29.1 Å². The van der Waals surface area contributed by atoms with Gasteiger partial charge in [-0.15, -0.1) is 5.10 Å². The second kappa shape index (κ2) is 7.98. The summed E-state index contributed by atoms with van der Waals surface area (Å²) in [5.74, 6) is 0.0877. The van der Waals surface area contributed by atoms with E-state index in [9.17, 15) is 4.79 Å². The molecule has 33 heavy (non-hydrogen) atoms. The standard InChI is InChI=1S/C25H23N7O/c1-15-12-20(13-16(2)28-15)21-22(18-8-5-4-6-9-18)29-24(26)31-23(21)30-32(25(31)33)17(3)19-10-7-11-27-14-19/h4-14,17H,1-3H3,(H2,26,29). The third-order valence-corrected chi connectivity index (χ3v) is 5.67.